The number of amides is 1. The summed E-state index contributed by atoms with van der Waals surface area (Å²) in [6.07, 6.45) is 1.32. The van der Waals surface area contributed by atoms with Crippen LogP contribution in [-0.2, 0) is 20.9 Å². The molecule has 0 aliphatic carbocycles. The van der Waals surface area contributed by atoms with Crippen LogP contribution in [0.25, 0.3) is 0 Å². The van der Waals surface area contributed by atoms with E-state index in [-0.39, 0.29) is 18.1 Å². The second-order valence-electron chi connectivity index (χ2n) is 6.70. The molecule has 2 rings (SSSR count). The minimum absolute atomic E-state index is 0.0838. The summed E-state index contributed by atoms with van der Waals surface area (Å²) in [5.41, 5.74) is 0.764. The van der Waals surface area contributed by atoms with E-state index in [2.05, 4.69) is 17.1 Å². The van der Waals surface area contributed by atoms with E-state index < -0.39 is 18.0 Å². The van der Waals surface area contributed by atoms with Gasteiger partial charge < -0.3 is 15.0 Å². The molecule has 0 aromatic heterocycles. The van der Waals surface area contributed by atoms with Crippen molar-refractivity contribution in [3.05, 3.63) is 35.6 Å². The van der Waals surface area contributed by atoms with E-state index in [1.807, 2.05) is 0 Å². The van der Waals surface area contributed by atoms with E-state index in [4.69, 9.17) is 17.0 Å². The van der Waals surface area contributed by atoms with Gasteiger partial charge in [-0.1, -0.05) is 43.0 Å². The maximum absolute atomic E-state index is 12.9. The number of halogens is 1. The fourth-order valence-electron chi connectivity index (χ4n) is 2.62. The van der Waals surface area contributed by atoms with Gasteiger partial charge in [0.05, 0.1) is 5.75 Å². The molecular formula is C19H25FN2O3S2. The smallest absolute Gasteiger partial charge is 0.317 e. The lowest BCUT2D eigenvalue weighted by atomic mass is 10.00. The van der Waals surface area contributed by atoms with E-state index in [0.717, 1.165) is 31.5 Å². The lowest BCUT2D eigenvalue weighted by Gasteiger charge is -2.31. The highest BCUT2D eigenvalue weighted by Gasteiger charge is 2.21. The topological polar surface area (TPSA) is 58.6 Å². The number of ether oxygens (including phenoxy) is 1. The summed E-state index contributed by atoms with van der Waals surface area (Å²) in [5, 5.41) is 2.66. The summed E-state index contributed by atoms with van der Waals surface area (Å²) in [6, 6.07) is 5.83. The number of carbonyl (C=O) groups is 2. The normalized spacial score (nSPS) is 15.9. The fourth-order valence-corrected chi connectivity index (χ4v) is 3.66. The first kappa shape index (κ1) is 21.6. The number of benzene rings is 1. The highest BCUT2D eigenvalue weighted by atomic mass is 32.2. The lowest BCUT2D eigenvalue weighted by Crippen LogP contribution is -2.37. The number of nitrogens with zero attached hydrogens (tertiary/aromatic N) is 1. The zero-order chi connectivity index (χ0) is 19.8. The van der Waals surface area contributed by atoms with Gasteiger partial charge in [0.25, 0.3) is 5.91 Å². The van der Waals surface area contributed by atoms with E-state index in [1.165, 1.54) is 30.8 Å². The number of thioether (sulfide) groups is 1. The average molecular weight is 413 g/mol. The first-order valence-corrected chi connectivity index (χ1v) is 10.4. The molecule has 1 N–H and O–H groups in total. The van der Waals surface area contributed by atoms with Crippen LogP contribution in [0.3, 0.4) is 0 Å². The number of rotatable bonds is 6. The SMILES string of the molecule is CC1CCN(C(=S)SCC(=O)OC(C)C(=O)NCc2ccc(F)cc2)CC1. The average Bonchev–Trinajstić information content (AvgIpc) is 2.66. The Morgan fingerprint density at radius 2 is 1.96 bits per heavy atom. The van der Waals surface area contributed by atoms with Crippen molar-refractivity contribution in [1.82, 2.24) is 10.2 Å². The van der Waals surface area contributed by atoms with Crippen molar-refractivity contribution in [3.8, 4) is 0 Å². The van der Waals surface area contributed by atoms with Gasteiger partial charge in [-0.3, -0.25) is 9.59 Å². The van der Waals surface area contributed by atoms with Crippen LogP contribution in [0, 0.1) is 11.7 Å². The Bertz CT molecular complexity index is 661. The molecule has 1 saturated heterocycles. The lowest BCUT2D eigenvalue weighted by molar-refractivity contribution is -0.152. The molecule has 8 heteroatoms. The minimum atomic E-state index is -0.900. The molecule has 1 aliphatic heterocycles. The molecule has 1 aromatic carbocycles. The first-order chi connectivity index (χ1) is 12.8. The number of esters is 1. The van der Waals surface area contributed by atoms with Crippen LogP contribution in [0.1, 0.15) is 32.3 Å². The molecule has 1 aromatic rings. The van der Waals surface area contributed by atoms with Crippen molar-refractivity contribution in [2.75, 3.05) is 18.8 Å². The second-order valence-corrected chi connectivity index (χ2v) is 8.31. The number of carbonyl (C=O) groups excluding carboxylic acids is 2. The molecule has 1 fully saturated rings. The van der Waals surface area contributed by atoms with Crippen molar-refractivity contribution in [3.63, 3.8) is 0 Å². The molecule has 5 nitrogen and oxygen atoms in total. The molecule has 0 radical (unpaired) electrons. The van der Waals surface area contributed by atoms with Gasteiger partial charge in [0, 0.05) is 19.6 Å². The summed E-state index contributed by atoms with van der Waals surface area (Å²) in [5.74, 6) is -0.405. The molecule has 0 bridgehead atoms. The van der Waals surface area contributed by atoms with Crippen LogP contribution in [0.2, 0.25) is 0 Å². The van der Waals surface area contributed by atoms with Crippen molar-refractivity contribution >= 4 is 40.2 Å². The van der Waals surface area contributed by atoms with Gasteiger partial charge in [0.15, 0.2) is 6.10 Å². The zero-order valence-corrected chi connectivity index (χ0v) is 17.2. The third-order valence-corrected chi connectivity index (χ3v) is 5.91. The Morgan fingerprint density at radius 1 is 1.33 bits per heavy atom. The van der Waals surface area contributed by atoms with Crippen LogP contribution < -0.4 is 5.32 Å². The van der Waals surface area contributed by atoms with E-state index in [0.29, 0.717) is 10.2 Å². The fraction of sp³-hybridized carbons (Fsp3) is 0.526. The predicted molar refractivity (Wildman–Crippen MR) is 109 cm³/mol. The van der Waals surface area contributed by atoms with Gasteiger partial charge in [0.1, 0.15) is 10.1 Å². The van der Waals surface area contributed by atoms with Gasteiger partial charge in [-0.2, -0.15) is 0 Å². The summed E-state index contributed by atoms with van der Waals surface area (Å²) in [7, 11) is 0. The number of hydrogen-bond acceptors (Lipinski definition) is 5. The second kappa shape index (κ2) is 10.6. The summed E-state index contributed by atoms with van der Waals surface area (Å²) >= 11 is 6.65. The largest absolute Gasteiger partial charge is 0.452 e. The van der Waals surface area contributed by atoms with Crippen LogP contribution in [0.5, 0.6) is 0 Å². The standard InChI is InChI=1S/C19H25FN2O3S2/c1-13-7-9-22(10-8-13)19(26)27-12-17(23)25-14(2)18(24)21-11-15-3-5-16(20)6-4-15/h3-6,13-14H,7-12H2,1-2H3,(H,21,24). The maximum Gasteiger partial charge on any atom is 0.317 e. The van der Waals surface area contributed by atoms with Gasteiger partial charge in [-0.25, -0.2) is 4.39 Å². The third-order valence-electron chi connectivity index (χ3n) is 4.41. The molecule has 0 spiro atoms. The number of thiocarbonyl (C=S) groups is 1. The summed E-state index contributed by atoms with van der Waals surface area (Å²) < 4.78 is 18.7. The molecule has 1 heterocycles. The Balaban J connectivity index is 1.67. The predicted octanol–water partition coefficient (Wildman–Crippen LogP) is 3.12. The molecule has 0 saturated carbocycles. The zero-order valence-electron chi connectivity index (χ0n) is 15.6. The molecule has 27 heavy (non-hydrogen) atoms. The number of nitrogens with one attached hydrogen (secondary N) is 1. The van der Waals surface area contributed by atoms with Gasteiger partial charge in [0.2, 0.25) is 0 Å². The molecular weight excluding hydrogens is 387 g/mol. The number of likely N-dealkylation sites (tertiary alicyclic amines) is 1. The molecule has 1 atom stereocenters. The molecule has 1 aliphatic rings. The number of hydrogen-bond donors (Lipinski definition) is 1. The highest BCUT2D eigenvalue weighted by Crippen LogP contribution is 2.20. The van der Waals surface area contributed by atoms with Crippen LogP contribution in [0.4, 0.5) is 4.39 Å². The number of piperidine rings is 1. The van der Waals surface area contributed by atoms with E-state index >= 15 is 0 Å². The highest BCUT2D eigenvalue weighted by molar-refractivity contribution is 8.23. The summed E-state index contributed by atoms with van der Waals surface area (Å²) in [4.78, 5) is 26.1. The van der Waals surface area contributed by atoms with Crippen LogP contribution in [-0.4, -0.2) is 46.0 Å². The Labute approximate surface area is 169 Å². The monoisotopic (exact) mass is 412 g/mol. The minimum Gasteiger partial charge on any atom is -0.452 e. The Kier molecular flexibility index (Phi) is 8.50. The van der Waals surface area contributed by atoms with Crippen molar-refractivity contribution in [1.29, 1.82) is 0 Å². The molecule has 148 valence electrons. The van der Waals surface area contributed by atoms with Crippen molar-refractivity contribution in [2.45, 2.75) is 39.3 Å². The maximum atomic E-state index is 12.9. The van der Waals surface area contributed by atoms with Crippen molar-refractivity contribution in [2.24, 2.45) is 5.92 Å². The summed E-state index contributed by atoms with van der Waals surface area (Å²) in [6.45, 7) is 5.84. The van der Waals surface area contributed by atoms with Crippen molar-refractivity contribution < 1.29 is 18.7 Å². The quantitative estimate of drug-likeness (QED) is 0.572. The Morgan fingerprint density at radius 3 is 2.59 bits per heavy atom. The Hall–Kier alpha value is -1.67. The molecule has 1 amide bonds. The van der Waals surface area contributed by atoms with E-state index in [1.54, 1.807) is 12.1 Å². The van der Waals surface area contributed by atoms with Crippen LogP contribution >= 0.6 is 24.0 Å². The molecule has 1 unspecified atom stereocenters. The first-order valence-electron chi connectivity index (χ1n) is 8.98. The van der Waals surface area contributed by atoms with Gasteiger partial charge in [-0.05, 0) is 43.4 Å². The third kappa shape index (κ3) is 7.46. The van der Waals surface area contributed by atoms with Crippen LogP contribution in [0.15, 0.2) is 24.3 Å². The van der Waals surface area contributed by atoms with Gasteiger partial charge in [-0.15, -0.1) is 0 Å². The van der Waals surface area contributed by atoms with E-state index in [9.17, 15) is 14.0 Å². The van der Waals surface area contributed by atoms with Gasteiger partial charge >= 0.3 is 5.97 Å².